The van der Waals surface area contributed by atoms with Gasteiger partial charge in [-0.3, -0.25) is 4.98 Å². The Morgan fingerprint density at radius 2 is 1.85 bits per heavy atom. The van der Waals surface area contributed by atoms with Crippen molar-refractivity contribution in [3.8, 4) is 5.75 Å². The van der Waals surface area contributed by atoms with E-state index in [2.05, 4.69) is 40.4 Å². The number of aromatic nitrogens is 1. The fraction of sp³-hybridized carbons (Fsp3) is 0.550. The standard InChI is InChI=1S/C20H32N4O.ClH/c1-4-24(5-2)14-8-11-21-10-7-13-22-19-16-18(25-3)15-17-9-6-12-23-20(17)19;/h6,9,12,15-16,21-22H,4-5,7-8,10-11,13-14H2,1-3H3;1H. The van der Waals surface area contributed by atoms with Gasteiger partial charge < -0.3 is 20.3 Å². The molecular formula is C20H33ClN4O. The van der Waals surface area contributed by atoms with Crippen molar-refractivity contribution in [1.29, 1.82) is 0 Å². The molecule has 0 aliphatic rings. The van der Waals surface area contributed by atoms with Crippen LogP contribution in [-0.2, 0) is 0 Å². The molecule has 0 aliphatic heterocycles. The average Bonchev–Trinajstić information content (AvgIpc) is 2.66. The van der Waals surface area contributed by atoms with E-state index < -0.39 is 0 Å². The summed E-state index contributed by atoms with van der Waals surface area (Å²) in [5.41, 5.74) is 2.03. The molecule has 5 nitrogen and oxygen atoms in total. The summed E-state index contributed by atoms with van der Waals surface area (Å²) in [4.78, 5) is 6.95. The van der Waals surface area contributed by atoms with Crippen molar-refractivity contribution in [2.24, 2.45) is 0 Å². The number of nitrogens with zero attached hydrogens (tertiary/aromatic N) is 2. The van der Waals surface area contributed by atoms with E-state index in [-0.39, 0.29) is 12.4 Å². The van der Waals surface area contributed by atoms with E-state index in [1.807, 2.05) is 24.4 Å². The van der Waals surface area contributed by atoms with Gasteiger partial charge in [0.1, 0.15) is 5.75 Å². The number of halogens is 1. The number of pyridine rings is 1. The van der Waals surface area contributed by atoms with Gasteiger partial charge in [0, 0.05) is 24.2 Å². The van der Waals surface area contributed by atoms with Crippen LogP contribution in [-0.4, -0.2) is 56.3 Å². The third-order valence-electron chi connectivity index (χ3n) is 4.48. The Bertz CT molecular complexity index is 634. The lowest BCUT2D eigenvalue weighted by Crippen LogP contribution is -2.27. The van der Waals surface area contributed by atoms with Crippen LogP contribution < -0.4 is 15.4 Å². The lowest BCUT2D eigenvalue weighted by atomic mass is 10.1. The van der Waals surface area contributed by atoms with Gasteiger partial charge in [-0.2, -0.15) is 0 Å². The van der Waals surface area contributed by atoms with E-state index in [1.165, 1.54) is 13.0 Å². The van der Waals surface area contributed by atoms with Crippen molar-refractivity contribution in [1.82, 2.24) is 15.2 Å². The maximum Gasteiger partial charge on any atom is 0.121 e. The van der Waals surface area contributed by atoms with Gasteiger partial charge in [-0.25, -0.2) is 0 Å². The molecule has 0 saturated heterocycles. The molecular weight excluding hydrogens is 348 g/mol. The lowest BCUT2D eigenvalue weighted by Gasteiger charge is -2.17. The average molecular weight is 381 g/mol. The Balaban J connectivity index is 0.00000338. The molecule has 0 atom stereocenters. The van der Waals surface area contributed by atoms with Crippen LogP contribution in [0.3, 0.4) is 0 Å². The first-order valence-corrected chi connectivity index (χ1v) is 9.38. The number of hydrogen-bond donors (Lipinski definition) is 2. The third-order valence-corrected chi connectivity index (χ3v) is 4.48. The maximum atomic E-state index is 5.39. The summed E-state index contributed by atoms with van der Waals surface area (Å²) in [6.45, 7) is 10.9. The molecule has 6 heteroatoms. The van der Waals surface area contributed by atoms with Gasteiger partial charge in [0.2, 0.25) is 0 Å². The second-order valence-electron chi connectivity index (χ2n) is 6.16. The minimum Gasteiger partial charge on any atom is -0.497 e. The SMILES string of the molecule is CCN(CC)CCCNCCCNc1cc(OC)cc2cccnc12.Cl. The fourth-order valence-corrected chi connectivity index (χ4v) is 2.95. The van der Waals surface area contributed by atoms with E-state index in [9.17, 15) is 0 Å². The Kier molecular flexibility index (Phi) is 11.0. The first-order valence-electron chi connectivity index (χ1n) is 9.38. The Morgan fingerprint density at radius 3 is 2.58 bits per heavy atom. The van der Waals surface area contributed by atoms with E-state index in [1.54, 1.807) is 7.11 Å². The number of benzene rings is 1. The molecule has 1 heterocycles. The van der Waals surface area contributed by atoms with Crippen LogP contribution in [0.25, 0.3) is 10.9 Å². The smallest absolute Gasteiger partial charge is 0.121 e. The number of hydrogen-bond acceptors (Lipinski definition) is 5. The van der Waals surface area contributed by atoms with E-state index >= 15 is 0 Å². The Morgan fingerprint density at radius 1 is 1.08 bits per heavy atom. The quantitative estimate of drug-likeness (QED) is 0.548. The number of anilines is 1. The predicted octanol–water partition coefficient (Wildman–Crippen LogP) is 3.79. The van der Waals surface area contributed by atoms with Crippen molar-refractivity contribution >= 4 is 29.0 Å². The molecule has 0 spiro atoms. The number of methoxy groups -OCH3 is 1. The molecule has 1 aromatic carbocycles. The first kappa shape index (κ1) is 22.5. The number of ether oxygens (including phenoxy) is 1. The van der Waals surface area contributed by atoms with Crippen LogP contribution in [0.2, 0.25) is 0 Å². The normalized spacial score (nSPS) is 10.8. The molecule has 0 bridgehead atoms. The van der Waals surface area contributed by atoms with Gasteiger partial charge in [0.05, 0.1) is 18.3 Å². The molecule has 146 valence electrons. The van der Waals surface area contributed by atoms with Crippen molar-refractivity contribution in [3.63, 3.8) is 0 Å². The van der Waals surface area contributed by atoms with Gasteiger partial charge >= 0.3 is 0 Å². The summed E-state index contributed by atoms with van der Waals surface area (Å²) in [5.74, 6) is 0.859. The first-order chi connectivity index (χ1) is 12.3. The van der Waals surface area contributed by atoms with E-state index in [0.717, 1.165) is 61.5 Å². The van der Waals surface area contributed by atoms with Gasteiger partial charge in [-0.15, -0.1) is 12.4 Å². The molecule has 2 rings (SSSR count). The molecule has 0 aliphatic carbocycles. The van der Waals surface area contributed by atoms with Gasteiger partial charge in [-0.1, -0.05) is 19.9 Å². The maximum absolute atomic E-state index is 5.39. The molecule has 0 fully saturated rings. The van der Waals surface area contributed by atoms with Crippen LogP contribution in [0, 0.1) is 0 Å². The topological polar surface area (TPSA) is 49.4 Å². The molecule has 2 N–H and O–H groups in total. The predicted molar refractivity (Wildman–Crippen MR) is 114 cm³/mol. The van der Waals surface area contributed by atoms with E-state index in [4.69, 9.17) is 4.74 Å². The summed E-state index contributed by atoms with van der Waals surface area (Å²) in [6.07, 6.45) is 4.12. The number of nitrogens with one attached hydrogen (secondary N) is 2. The molecule has 0 saturated carbocycles. The van der Waals surface area contributed by atoms with Crippen molar-refractivity contribution < 1.29 is 4.74 Å². The molecule has 0 unspecified atom stereocenters. The minimum atomic E-state index is 0. The number of fused-ring (bicyclic) bond motifs is 1. The highest BCUT2D eigenvalue weighted by Crippen LogP contribution is 2.27. The third kappa shape index (κ3) is 6.98. The zero-order valence-corrected chi connectivity index (χ0v) is 17.1. The van der Waals surface area contributed by atoms with Gasteiger partial charge in [-0.05, 0) is 57.7 Å². The highest BCUT2D eigenvalue weighted by Gasteiger charge is 2.05. The Labute approximate surface area is 163 Å². The van der Waals surface area contributed by atoms with E-state index in [0.29, 0.717) is 0 Å². The van der Waals surface area contributed by atoms with Crippen LogP contribution in [0.4, 0.5) is 5.69 Å². The Hall–Kier alpha value is -1.56. The molecule has 26 heavy (non-hydrogen) atoms. The minimum absolute atomic E-state index is 0. The molecule has 0 radical (unpaired) electrons. The zero-order chi connectivity index (χ0) is 17.9. The molecule has 2 aromatic rings. The monoisotopic (exact) mass is 380 g/mol. The highest BCUT2D eigenvalue weighted by atomic mass is 35.5. The summed E-state index contributed by atoms with van der Waals surface area (Å²) < 4.78 is 5.39. The second-order valence-corrected chi connectivity index (χ2v) is 6.16. The molecule has 1 aromatic heterocycles. The summed E-state index contributed by atoms with van der Waals surface area (Å²) >= 11 is 0. The van der Waals surface area contributed by atoms with Gasteiger partial charge in [0.25, 0.3) is 0 Å². The van der Waals surface area contributed by atoms with Crippen molar-refractivity contribution in [2.75, 3.05) is 51.7 Å². The van der Waals surface area contributed by atoms with Gasteiger partial charge in [0.15, 0.2) is 0 Å². The summed E-state index contributed by atoms with van der Waals surface area (Å²) in [7, 11) is 1.70. The van der Waals surface area contributed by atoms with Crippen LogP contribution in [0.15, 0.2) is 30.5 Å². The zero-order valence-electron chi connectivity index (χ0n) is 16.3. The van der Waals surface area contributed by atoms with Crippen LogP contribution in [0.5, 0.6) is 5.75 Å². The van der Waals surface area contributed by atoms with Crippen LogP contribution in [0.1, 0.15) is 26.7 Å². The second kappa shape index (κ2) is 12.7. The summed E-state index contributed by atoms with van der Waals surface area (Å²) in [5, 5.41) is 8.12. The number of rotatable bonds is 12. The highest BCUT2D eigenvalue weighted by molar-refractivity contribution is 5.91. The molecule has 0 amide bonds. The largest absolute Gasteiger partial charge is 0.497 e. The van der Waals surface area contributed by atoms with Crippen molar-refractivity contribution in [2.45, 2.75) is 26.7 Å². The van der Waals surface area contributed by atoms with Crippen LogP contribution >= 0.6 is 12.4 Å². The lowest BCUT2D eigenvalue weighted by molar-refractivity contribution is 0.298. The fourth-order valence-electron chi connectivity index (χ4n) is 2.95. The van der Waals surface area contributed by atoms with Crippen molar-refractivity contribution in [3.05, 3.63) is 30.5 Å². The summed E-state index contributed by atoms with van der Waals surface area (Å²) in [6, 6.07) is 8.05.